The van der Waals surface area contributed by atoms with Crippen LogP contribution in [0.1, 0.15) is 30.9 Å². The van der Waals surface area contributed by atoms with Gasteiger partial charge in [-0.2, -0.15) is 5.26 Å². The van der Waals surface area contributed by atoms with Crippen molar-refractivity contribution < 1.29 is 9.53 Å². The Bertz CT molecular complexity index is 814. The molecular formula is C24H29N3O2. The summed E-state index contributed by atoms with van der Waals surface area (Å²) in [4.78, 5) is 17.2. The molecule has 2 aromatic carbocycles. The number of ether oxygens (including phenoxy) is 1. The second kappa shape index (κ2) is 10.6. The summed E-state index contributed by atoms with van der Waals surface area (Å²) in [5, 5.41) is 8.87. The van der Waals surface area contributed by atoms with E-state index in [9.17, 15) is 4.79 Å². The Hall–Kier alpha value is -2.84. The van der Waals surface area contributed by atoms with Gasteiger partial charge in [-0.05, 0) is 69.1 Å². The van der Waals surface area contributed by atoms with Crippen molar-refractivity contribution in [3.05, 3.63) is 65.7 Å². The van der Waals surface area contributed by atoms with Crippen molar-refractivity contribution >= 4 is 5.91 Å². The molecule has 1 amide bonds. The van der Waals surface area contributed by atoms with E-state index in [1.807, 2.05) is 4.90 Å². The fourth-order valence-corrected chi connectivity index (χ4v) is 3.69. The number of nitriles is 1. The zero-order valence-corrected chi connectivity index (χ0v) is 17.1. The van der Waals surface area contributed by atoms with Crippen molar-refractivity contribution in [3.63, 3.8) is 0 Å². The SMILES string of the molecule is CC(Oc1ccc(C#N)cc1)C(=O)N1CCCN(CCCc2ccccc2)CC1. The number of carbonyl (C=O) groups is 1. The molecule has 1 fully saturated rings. The largest absolute Gasteiger partial charge is 0.481 e. The molecule has 5 heteroatoms. The fraction of sp³-hybridized carbons (Fsp3) is 0.417. The van der Waals surface area contributed by atoms with Crippen molar-refractivity contribution in [1.29, 1.82) is 5.26 Å². The molecule has 1 aliphatic heterocycles. The molecule has 1 unspecified atom stereocenters. The fourth-order valence-electron chi connectivity index (χ4n) is 3.69. The van der Waals surface area contributed by atoms with Gasteiger partial charge in [-0.1, -0.05) is 30.3 Å². The van der Waals surface area contributed by atoms with E-state index < -0.39 is 6.10 Å². The maximum Gasteiger partial charge on any atom is 0.263 e. The molecule has 1 atom stereocenters. The van der Waals surface area contributed by atoms with Gasteiger partial charge in [0, 0.05) is 19.6 Å². The second-order valence-corrected chi connectivity index (χ2v) is 7.51. The maximum atomic E-state index is 12.8. The van der Waals surface area contributed by atoms with Gasteiger partial charge in [0.2, 0.25) is 0 Å². The van der Waals surface area contributed by atoms with E-state index in [-0.39, 0.29) is 5.91 Å². The summed E-state index contributed by atoms with van der Waals surface area (Å²) >= 11 is 0. The van der Waals surface area contributed by atoms with Gasteiger partial charge in [-0.3, -0.25) is 4.79 Å². The molecule has 0 N–H and O–H groups in total. The Balaban J connectivity index is 1.44. The van der Waals surface area contributed by atoms with E-state index in [2.05, 4.69) is 41.3 Å². The van der Waals surface area contributed by atoms with Crippen molar-refractivity contribution in [3.8, 4) is 11.8 Å². The minimum absolute atomic E-state index is 0.0282. The van der Waals surface area contributed by atoms with Crippen LogP contribution >= 0.6 is 0 Å². The highest BCUT2D eigenvalue weighted by Crippen LogP contribution is 2.15. The van der Waals surface area contributed by atoms with Crippen molar-refractivity contribution in [2.24, 2.45) is 0 Å². The summed E-state index contributed by atoms with van der Waals surface area (Å²) in [5.41, 5.74) is 1.96. The number of carbonyl (C=O) groups excluding carboxylic acids is 1. The van der Waals surface area contributed by atoms with Crippen molar-refractivity contribution in [2.45, 2.75) is 32.3 Å². The highest BCUT2D eigenvalue weighted by Gasteiger charge is 2.24. The summed E-state index contributed by atoms with van der Waals surface area (Å²) in [7, 11) is 0. The van der Waals surface area contributed by atoms with Gasteiger partial charge < -0.3 is 14.5 Å². The third-order valence-electron chi connectivity index (χ3n) is 5.33. The molecular weight excluding hydrogens is 362 g/mol. The van der Waals surface area contributed by atoms with Crippen molar-refractivity contribution in [1.82, 2.24) is 9.80 Å². The van der Waals surface area contributed by atoms with E-state index in [4.69, 9.17) is 10.00 Å². The van der Waals surface area contributed by atoms with Crippen LogP contribution in [0.25, 0.3) is 0 Å². The predicted octanol–water partition coefficient (Wildman–Crippen LogP) is 3.49. The highest BCUT2D eigenvalue weighted by molar-refractivity contribution is 5.81. The molecule has 152 valence electrons. The third kappa shape index (κ3) is 6.33. The Morgan fingerprint density at radius 3 is 2.55 bits per heavy atom. The highest BCUT2D eigenvalue weighted by atomic mass is 16.5. The van der Waals surface area contributed by atoms with Crippen LogP contribution in [0.5, 0.6) is 5.75 Å². The van der Waals surface area contributed by atoms with Crippen LogP contribution in [0.2, 0.25) is 0 Å². The monoisotopic (exact) mass is 391 g/mol. The predicted molar refractivity (Wildman–Crippen MR) is 114 cm³/mol. The smallest absolute Gasteiger partial charge is 0.263 e. The van der Waals surface area contributed by atoms with Crippen LogP contribution in [0, 0.1) is 11.3 Å². The molecule has 0 aromatic heterocycles. The van der Waals surface area contributed by atoms with Gasteiger partial charge in [0.15, 0.2) is 6.10 Å². The number of amides is 1. The summed E-state index contributed by atoms with van der Waals surface area (Å²) < 4.78 is 5.80. The van der Waals surface area contributed by atoms with Gasteiger partial charge in [-0.15, -0.1) is 0 Å². The summed E-state index contributed by atoms with van der Waals surface area (Å²) in [6, 6.07) is 19.5. The van der Waals surface area contributed by atoms with Crippen molar-refractivity contribution in [2.75, 3.05) is 32.7 Å². The first kappa shape index (κ1) is 20.9. The van der Waals surface area contributed by atoms with E-state index in [1.165, 1.54) is 5.56 Å². The standard InChI is InChI=1S/C24H29N3O2/c1-20(29-23-12-10-22(19-25)11-13-23)24(28)27-16-6-15-26(17-18-27)14-5-9-21-7-3-2-4-8-21/h2-4,7-8,10-13,20H,5-6,9,14-18H2,1H3. The number of benzene rings is 2. The van der Waals surface area contributed by atoms with Gasteiger partial charge in [0.05, 0.1) is 11.6 Å². The van der Waals surface area contributed by atoms with Gasteiger partial charge in [-0.25, -0.2) is 0 Å². The molecule has 0 radical (unpaired) electrons. The Morgan fingerprint density at radius 1 is 1.07 bits per heavy atom. The molecule has 1 heterocycles. The molecule has 2 aromatic rings. The van der Waals surface area contributed by atoms with Gasteiger partial charge >= 0.3 is 0 Å². The van der Waals surface area contributed by atoms with Crippen LogP contribution in [0.4, 0.5) is 0 Å². The molecule has 0 bridgehead atoms. The lowest BCUT2D eigenvalue weighted by Gasteiger charge is -2.25. The average Bonchev–Trinajstić information content (AvgIpc) is 3.00. The zero-order valence-electron chi connectivity index (χ0n) is 17.1. The minimum atomic E-state index is -0.535. The first-order chi connectivity index (χ1) is 14.2. The van der Waals surface area contributed by atoms with Crippen LogP contribution in [0.15, 0.2) is 54.6 Å². The lowest BCUT2D eigenvalue weighted by Crippen LogP contribution is -2.42. The van der Waals surface area contributed by atoms with E-state index >= 15 is 0 Å². The Labute approximate surface area is 173 Å². The first-order valence-electron chi connectivity index (χ1n) is 10.4. The normalized spacial score (nSPS) is 15.9. The van der Waals surface area contributed by atoms with E-state index in [0.29, 0.717) is 11.3 Å². The second-order valence-electron chi connectivity index (χ2n) is 7.51. The molecule has 0 aliphatic carbocycles. The van der Waals surface area contributed by atoms with Gasteiger partial charge in [0.1, 0.15) is 5.75 Å². The Morgan fingerprint density at radius 2 is 1.83 bits per heavy atom. The van der Waals surface area contributed by atoms with Gasteiger partial charge in [0.25, 0.3) is 5.91 Å². The molecule has 5 nitrogen and oxygen atoms in total. The van der Waals surface area contributed by atoms with E-state index in [0.717, 1.165) is 52.0 Å². The van der Waals surface area contributed by atoms with Crippen LogP contribution in [-0.4, -0.2) is 54.5 Å². The Kier molecular flexibility index (Phi) is 7.66. The minimum Gasteiger partial charge on any atom is -0.481 e. The summed E-state index contributed by atoms with van der Waals surface area (Å²) in [6.07, 6.45) is 2.68. The molecule has 29 heavy (non-hydrogen) atoms. The number of nitrogens with zero attached hydrogens (tertiary/aromatic N) is 3. The zero-order chi connectivity index (χ0) is 20.5. The third-order valence-corrected chi connectivity index (χ3v) is 5.33. The lowest BCUT2D eigenvalue weighted by atomic mass is 10.1. The summed E-state index contributed by atoms with van der Waals surface area (Å²) in [6.45, 7) is 6.31. The molecule has 1 aliphatic rings. The number of rotatable bonds is 7. The molecule has 0 spiro atoms. The maximum absolute atomic E-state index is 12.8. The van der Waals surface area contributed by atoms with Crippen LogP contribution in [0.3, 0.4) is 0 Å². The summed E-state index contributed by atoms with van der Waals surface area (Å²) in [5.74, 6) is 0.641. The first-order valence-corrected chi connectivity index (χ1v) is 10.4. The molecule has 3 rings (SSSR count). The van der Waals surface area contributed by atoms with E-state index in [1.54, 1.807) is 31.2 Å². The van der Waals surface area contributed by atoms with Crippen LogP contribution in [-0.2, 0) is 11.2 Å². The van der Waals surface area contributed by atoms with Crippen LogP contribution < -0.4 is 4.74 Å². The average molecular weight is 392 g/mol. The number of hydrogen-bond donors (Lipinski definition) is 0. The molecule has 0 saturated carbocycles. The topological polar surface area (TPSA) is 56.6 Å². The lowest BCUT2D eigenvalue weighted by molar-refractivity contribution is -0.137. The quantitative estimate of drug-likeness (QED) is 0.725. The number of aryl methyl sites for hydroxylation is 1. The number of hydrogen-bond acceptors (Lipinski definition) is 4. The molecule has 1 saturated heterocycles.